The van der Waals surface area contributed by atoms with E-state index in [4.69, 9.17) is 4.74 Å². The molecule has 2 aromatic heterocycles. The van der Waals surface area contributed by atoms with E-state index >= 15 is 0 Å². The van der Waals surface area contributed by atoms with Gasteiger partial charge in [0.15, 0.2) is 0 Å². The molecule has 2 aromatic rings. The van der Waals surface area contributed by atoms with E-state index in [2.05, 4.69) is 20.3 Å². The largest absolute Gasteiger partial charge is 0.467 e. The number of hydrogen-bond donors (Lipinski definition) is 1. The highest BCUT2D eigenvalue weighted by Crippen LogP contribution is 2.40. The van der Waals surface area contributed by atoms with Gasteiger partial charge >= 0.3 is 6.18 Å². The fraction of sp³-hybridized carbons (Fsp3) is 0.632. The van der Waals surface area contributed by atoms with E-state index < -0.39 is 21.8 Å². The molecule has 0 radical (unpaired) electrons. The molecule has 2 aliphatic rings. The maximum Gasteiger partial charge on any atom is 0.420 e. The number of sulfonamides is 1. The van der Waals surface area contributed by atoms with E-state index in [0.717, 1.165) is 49.5 Å². The molecular weight excluding hydrogens is 467 g/mol. The van der Waals surface area contributed by atoms with Gasteiger partial charge in [-0.2, -0.15) is 13.2 Å². The van der Waals surface area contributed by atoms with Gasteiger partial charge in [0.1, 0.15) is 11.7 Å². The second-order valence-corrected chi connectivity index (χ2v) is 11.0. The zero-order chi connectivity index (χ0) is 22.9. The summed E-state index contributed by atoms with van der Waals surface area (Å²) in [6.45, 7) is 0.668. The lowest BCUT2D eigenvalue weighted by molar-refractivity contribution is -0.137. The van der Waals surface area contributed by atoms with Crippen LogP contribution in [0.25, 0.3) is 10.6 Å². The summed E-state index contributed by atoms with van der Waals surface area (Å²) in [6, 6.07) is -0.139. The summed E-state index contributed by atoms with van der Waals surface area (Å²) in [5, 5.41) is 3.38. The fourth-order valence-corrected chi connectivity index (χ4v) is 5.64. The molecule has 0 amide bonds. The minimum Gasteiger partial charge on any atom is -0.467 e. The molecule has 0 atom stereocenters. The fourth-order valence-electron chi connectivity index (χ4n) is 3.93. The first-order chi connectivity index (χ1) is 15.1. The number of piperidine rings is 1. The molecule has 1 aliphatic carbocycles. The number of nitrogens with one attached hydrogen (secondary N) is 1. The molecule has 3 heterocycles. The number of anilines is 1. The maximum atomic E-state index is 13.6. The van der Waals surface area contributed by atoms with Crippen molar-refractivity contribution in [2.45, 2.75) is 56.8 Å². The Hall–Kier alpha value is -1.99. The Kier molecular flexibility index (Phi) is 6.59. The Balaban J connectivity index is 1.52. The van der Waals surface area contributed by atoms with Crippen molar-refractivity contribution in [3.8, 4) is 15.8 Å². The lowest BCUT2D eigenvalue weighted by Gasteiger charge is -2.30. The van der Waals surface area contributed by atoms with Crippen LogP contribution in [0.2, 0.25) is 0 Å². The molecular formula is C19H24F3N5O3S2. The monoisotopic (exact) mass is 491 g/mol. The van der Waals surface area contributed by atoms with Crippen molar-refractivity contribution in [2.75, 3.05) is 24.7 Å². The SMILES string of the molecule is CS(=O)(=O)N1CCC(Nc2ncc(C(F)(F)F)c(-c3cnc(OC4CCCC4)s3)n2)CC1. The van der Waals surface area contributed by atoms with E-state index in [1.54, 1.807) is 0 Å². The summed E-state index contributed by atoms with van der Waals surface area (Å²) < 4.78 is 71.3. The van der Waals surface area contributed by atoms with Crippen LogP contribution in [-0.4, -0.2) is 59.2 Å². The third kappa shape index (κ3) is 5.49. The van der Waals surface area contributed by atoms with Gasteiger partial charge in [0.2, 0.25) is 16.0 Å². The lowest BCUT2D eigenvalue weighted by Crippen LogP contribution is -2.42. The van der Waals surface area contributed by atoms with Crippen molar-refractivity contribution in [1.29, 1.82) is 0 Å². The third-order valence-electron chi connectivity index (χ3n) is 5.64. The van der Waals surface area contributed by atoms with Crippen molar-refractivity contribution in [3.63, 3.8) is 0 Å². The second kappa shape index (κ2) is 9.10. The van der Waals surface area contributed by atoms with Crippen LogP contribution in [0.4, 0.5) is 19.1 Å². The molecule has 0 bridgehead atoms. The Bertz CT molecular complexity index is 1050. The van der Waals surface area contributed by atoms with Crippen molar-refractivity contribution < 1.29 is 26.3 Å². The number of ether oxygens (including phenoxy) is 1. The van der Waals surface area contributed by atoms with Gasteiger partial charge < -0.3 is 10.1 Å². The first-order valence-corrected chi connectivity index (χ1v) is 13.0. The van der Waals surface area contributed by atoms with Crippen LogP contribution in [0.1, 0.15) is 44.1 Å². The van der Waals surface area contributed by atoms with Crippen LogP contribution in [0, 0.1) is 0 Å². The van der Waals surface area contributed by atoms with Gasteiger partial charge in [-0.1, -0.05) is 11.3 Å². The summed E-state index contributed by atoms with van der Waals surface area (Å²) >= 11 is 1.04. The highest BCUT2D eigenvalue weighted by Gasteiger charge is 2.36. The number of aromatic nitrogens is 3. The normalized spacial score (nSPS) is 19.4. The summed E-state index contributed by atoms with van der Waals surface area (Å²) in [6.07, 6.45) is 3.71. The minimum absolute atomic E-state index is 0.0523. The first-order valence-electron chi connectivity index (χ1n) is 10.4. The van der Waals surface area contributed by atoms with Gasteiger partial charge in [-0.3, -0.25) is 0 Å². The summed E-state index contributed by atoms with van der Waals surface area (Å²) in [5.74, 6) is 0.0671. The maximum absolute atomic E-state index is 13.6. The Morgan fingerprint density at radius 1 is 1.12 bits per heavy atom. The van der Waals surface area contributed by atoms with Crippen LogP contribution >= 0.6 is 11.3 Å². The van der Waals surface area contributed by atoms with E-state index in [-0.39, 0.29) is 28.7 Å². The van der Waals surface area contributed by atoms with E-state index in [1.807, 2.05) is 0 Å². The molecule has 2 fully saturated rings. The molecule has 4 rings (SSSR count). The van der Waals surface area contributed by atoms with Gasteiger partial charge in [0.25, 0.3) is 5.19 Å². The molecule has 13 heteroatoms. The number of thiazole rings is 1. The van der Waals surface area contributed by atoms with Crippen LogP contribution in [0.5, 0.6) is 5.19 Å². The predicted molar refractivity (Wildman–Crippen MR) is 114 cm³/mol. The highest BCUT2D eigenvalue weighted by molar-refractivity contribution is 7.88. The standard InChI is InChI=1S/C19H24F3N5O3S2/c1-32(28,29)27-8-6-12(7-9-27)25-17-23-10-14(19(20,21)22)16(26-17)15-11-24-18(31-15)30-13-4-2-3-5-13/h10-13H,2-9H2,1H3,(H,23,25,26). The van der Waals surface area contributed by atoms with Gasteiger partial charge in [-0.15, -0.1) is 0 Å². The molecule has 1 N–H and O–H groups in total. The molecule has 0 unspecified atom stereocenters. The Morgan fingerprint density at radius 2 is 1.81 bits per heavy atom. The molecule has 1 saturated heterocycles. The third-order valence-corrected chi connectivity index (χ3v) is 7.84. The minimum atomic E-state index is -4.62. The molecule has 32 heavy (non-hydrogen) atoms. The van der Waals surface area contributed by atoms with Crippen LogP contribution in [0.15, 0.2) is 12.4 Å². The topological polar surface area (TPSA) is 97.3 Å². The number of hydrogen-bond acceptors (Lipinski definition) is 8. The molecule has 0 aromatic carbocycles. The molecule has 176 valence electrons. The predicted octanol–water partition coefficient (Wildman–Crippen LogP) is 3.78. The molecule has 0 spiro atoms. The lowest BCUT2D eigenvalue weighted by atomic mass is 10.1. The summed E-state index contributed by atoms with van der Waals surface area (Å²) in [4.78, 5) is 12.4. The molecule has 1 aliphatic heterocycles. The average Bonchev–Trinajstić information content (AvgIpc) is 3.39. The smallest absolute Gasteiger partial charge is 0.420 e. The summed E-state index contributed by atoms with van der Waals surface area (Å²) in [7, 11) is -3.26. The van der Waals surface area contributed by atoms with Crippen molar-refractivity contribution in [3.05, 3.63) is 18.0 Å². The summed E-state index contributed by atoms with van der Waals surface area (Å²) in [5.41, 5.74) is -1.19. The van der Waals surface area contributed by atoms with Crippen molar-refractivity contribution >= 4 is 27.3 Å². The number of alkyl halides is 3. The van der Waals surface area contributed by atoms with Crippen molar-refractivity contribution in [1.82, 2.24) is 19.3 Å². The Labute approximate surface area is 188 Å². The first kappa shape index (κ1) is 23.2. The van der Waals surface area contributed by atoms with Crippen LogP contribution < -0.4 is 10.1 Å². The average molecular weight is 492 g/mol. The van der Waals surface area contributed by atoms with Gasteiger partial charge in [-0.05, 0) is 38.5 Å². The zero-order valence-electron chi connectivity index (χ0n) is 17.4. The van der Waals surface area contributed by atoms with Gasteiger partial charge in [0, 0.05) is 25.3 Å². The number of halogens is 3. The zero-order valence-corrected chi connectivity index (χ0v) is 19.1. The second-order valence-electron chi connectivity index (χ2n) is 8.05. The quantitative estimate of drug-likeness (QED) is 0.657. The van der Waals surface area contributed by atoms with Crippen LogP contribution in [0.3, 0.4) is 0 Å². The van der Waals surface area contributed by atoms with E-state index in [0.29, 0.717) is 31.1 Å². The van der Waals surface area contributed by atoms with E-state index in [9.17, 15) is 21.6 Å². The number of rotatable bonds is 6. The van der Waals surface area contributed by atoms with Gasteiger partial charge in [-0.25, -0.2) is 27.7 Å². The van der Waals surface area contributed by atoms with E-state index in [1.165, 1.54) is 10.5 Å². The number of nitrogens with zero attached hydrogens (tertiary/aromatic N) is 4. The van der Waals surface area contributed by atoms with Crippen molar-refractivity contribution in [2.24, 2.45) is 0 Å². The Morgan fingerprint density at radius 3 is 2.44 bits per heavy atom. The molecule has 1 saturated carbocycles. The van der Waals surface area contributed by atoms with Crippen LogP contribution in [-0.2, 0) is 16.2 Å². The molecule has 8 nitrogen and oxygen atoms in total. The highest BCUT2D eigenvalue weighted by atomic mass is 32.2. The van der Waals surface area contributed by atoms with Gasteiger partial charge in [0.05, 0.1) is 23.0 Å².